The van der Waals surface area contributed by atoms with Gasteiger partial charge in [-0.2, -0.15) is 13.2 Å². The minimum absolute atomic E-state index is 0.121. The summed E-state index contributed by atoms with van der Waals surface area (Å²) in [6, 6.07) is 2.84. The van der Waals surface area contributed by atoms with Crippen molar-refractivity contribution in [3.63, 3.8) is 0 Å². The molecule has 1 aromatic rings. The highest BCUT2D eigenvalue weighted by Crippen LogP contribution is 2.46. The van der Waals surface area contributed by atoms with E-state index < -0.39 is 23.6 Å². The molecule has 2 nitrogen and oxygen atoms in total. The Balaban J connectivity index is 2.03. The van der Waals surface area contributed by atoms with Crippen LogP contribution in [0, 0.1) is 11.7 Å². The lowest BCUT2D eigenvalue weighted by molar-refractivity contribution is -0.139. The fourth-order valence-electron chi connectivity index (χ4n) is 3.52. The van der Waals surface area contributed by atoms with Crippen LogP contribution in [-0.2, 0) is 6.18 Å². The third kappa shape index (κ3) is 2.99. The second-order valence-corrected chi connectivity index (χ2v) is 6.12. The maximum absolute atomic E-state index is 14.4. The van der Waals surface area contributed by atoms with Gasteiger partial charge in [-0.3, -0.25) is 4.90 Å². The number of hydrogen-bond acceptors (Lipinski definition) is 2. The third-order valence-corrected chi connectivity index (χ3v) is 4.80. The van der Waals surface area contributed by atoms with Crippen LogP contribution in [0.5, 0.6) is 0 Å². The van der Waals surface area contributed by atoms with E-state index in [0.717, 1.165) is 50.6 Å². The van der Waals surface area contributed by atoms with Gasteiger partial charge < -0.3 is 5.32 Å². The van der Waals surface area contributed by atoms with Gasteiger partial charge in [0.2, 0.25) is 0 Å². The molecule has 0 spiro atoms. The molecule has 22 heavy (non-hydrogen) atoms. The summed E-state index contributed by atoms with van der Waals surface area (Å²) in [4.78, 5) is 2.02. The number of alkyl halides is 3. The molecule has 1 saturated carbocycles. The predicted molar refractivity (Wildman–Crippen MR) is 75.9 cm³/mol. The molecule has 1 saturated heterocycles. The molecule has 1 heterocycles. The molecular weight excluding hydrogens is 296 g/mol. The average Bonchev–Trinajstić information content (AvgIpc) is 2.43. The number of benzene rings is 1. The molecule has 6 heteroatoms. The summed E-state index contributed by atoms with van der Waals surface area (Å²) in [7, 11) is 0. The molecule has 0 amide bonds. The molecule has 0 radical (unpaired) electrons. The Morgan fingerprint density at radius 2 is 1.82 bits per heavy atom. The van der Waals surface area contributed by atoms with Gasteiger partial charge in [0, 0.05) is 37.8 Å². The van der Waals surface area contributed by atoms with Gasteiger partial charge in [-0.05, 0) is 30.9 Å². The standard InChI is InChI=1S/C16H20F4N2/c17-13-6-2-5-12(16(18,19)20)14(13)15(11-3-1-4-11)22-9-7-21-8-10-22/h2,5-6,11,15,21H,1,3-4,7-10H2/t15-/m1/s1. The molecule has 1 aromatic carbocycles. The number of nitrogens with one attached hydrogen (secondary N) is 1. The number of halogens is 4. The summed E-state index contributed by atoms with van der Waals surface area (Å²) in [6.07, 6.45) is -1.75. The van der Waals surface area contributed by atoms with E-state index in [1.54, 1.807) is 0 Å². The van der Waals surface area contributed by atoms with Crippen molar-refractivity contribution in [2.24, 2.45) is 5.92 Å². The zero-order valence-corrected chi connectivity index (χ0v) is 12.3. The Kier molecular flexibility index (Phi) is 4.41. The minimum Gasteiger partial charge on any atom is -0.314 e. The number of hydrogen-bond donors (Lipinski definition) is 1. The van der Waals surface area contributed by atoms with E-state index in [2.05, 4.69) is 5.32 Å². The van der Waals surface area contributed by atoms with Gasteiger partial charge in [0.1, 0.15) is 5.82 Å². The molecule has 122 valence electrons. The third-order valence-electron chi connectivity index (χ3n) is 4.80. The topological polar surface area (TPSA) is 15.3 Å². The first kappa shape index (κ1) is 15.7. The van der Waals surface area contributed by atoms with Gasteiger partial charge in [0.25, 0.3) is 0 Å². The molecular formula is C16H20F4N2. The van der Waals surface area contributed by atoms with E-state index in [9.17, 15) is 17.6 Å². The van der Waals surface area contributed by atoms with Crippen molar-refractivity contribution in [2.45, 2.75) is 31.5 Å². The molecule has 0 unspecified atom stereocenters. The normalized spacial score (nSPS) is 22.4. The Hall–Kier alpha value is -1.14. The lowest BCUT2D eigenvalue weighted by atomic mass is 9.75. The molecule has 3 rings (SSSR count). The first-order valence-corrected chi connectivity index (χ1v) is 7.79. The summed E-state index contributed by atoms with van der Waals surface area (Å²) in [5, 5.41) is 3.20. The summed E-state index contributed by atoms with van der Waals surface area (Å²) >= 11 is 0. The molecule has 1 aliphatic carbocycles. The summed E-state index contributed by atoms with van der Waals surface area (Å²) in [5.74, 6) is -0.610. The van der Waals surface area contributed by atoms with Crippen molar-refractivity contribution in [1.82, 2.24) is 10.2 Å². The van der Waals surface area contributed by atoms with Crippen LogP contribution in [0.2, 0.25) is 0 Å². The SMILES string of the molecule is Fc1cccc(C(F)(F)F)c1[C@@H](C1CCC1)N1CCNCC1. The van der Waals surface area contributed by atoms with Crippen LogP contribution in [-0.4, -0.2) is 31.1 Å². The number of piperazine rings is 1. The molecule has 1 atom stereocenters. The molecule has 0 aromatic heterocycles. The minimum atomic E-state index is -4.52. The Morgan fingerprint density at radius 3 is 2.36 bits per heavy atom. The Labute approximate surface area is 127 Å². The van der Waals surface area contributed by atoms with Crippen LogP contribution in [0.15, 0.2) is 18.2 Å². The van der Waals surface area contributed by atoms with Gasteiger partial charge in [-0.25, -0.2) is 4.39 Å². The molecule has 2 fully saturated rings. The van der Waals surface area contributed by atoms with E-state index in [4.69, 9.17) is 0 Å². The number of nitrogens with zero attached hydrogens (tertiary/aromatic N) is 1. The maximum Gasteiger partial charge on any atom is 0.416 e. The predicted octanol–water partition coefficient (Wildman–Crippen LogP) is 3.59. The Morgan fingerprint density at radius 1 is 1.14 bits per heavy atom. The number of rotatable bonds is 3. The molecule has 1 N–H and O–H groups in total. The van der Waals surface area contributed by atoms with E-state index in [0.29, 0.717) is 13.1 Å². The van der Waals surface area contributed by atoms with Gasteiger partial charge in [0.05, 0.1) is 5.56 Å². The second kappa shape index (κ2) is 6.16. The van der Waals surface area contributed by atoms with Crippen molar-refractivity contribution < 1.29 is 17.6 Å². The smallest absolute Gasteiger partial charge is 0.314 e. The molecule has 2 aliphatic rings. The first-order valence-electron chi connectivity index (χ1n) is 7.79. The average molecular weight is 316 g/mol. The van der Waals surface area contributed by atoms with Crippen LogP contribution in [0.3, 0.4) is 0 Å². The highest BCUT2D eigenvalue weighted by atomic mass is 19.4. The van der Waals surface area contributed by atoms with Gasteiger partial charge in [-0.15, -0.1) is 0 Å². The fraction of sp³-hybridized carbons (Fsp3) is 0.625. The van der Waals surface area contributed by atoms with Crippen LogP contribution >= 0.6 is 0 Å². The summed E-state index contributed by atoms with van der Waals surface area (Å²) < 4.78 is 54.4. The lowest BCUT2D eigenvalue weighted by Crippen LogP contribution is -2.48. The quantitative estimate of drug-likeness (QED) is 0.857. The largest absolute Gasteiger partial charge is 0.416 e. The fourth-order valence-corrected chi connectivity index (χ4v) is 3.52. The second-order valence-electron chi connectivity index (χ2n) is 6.12. The summed E-state index contributed by atoms with van der Waals surface area (Å²) in [6.45, 7) is 2.79. The molecule has 1 aliphatic heterocycles. The van der Waals surface area contributed by atoms with E-state index >= 15 is 0 Å². The summed E-state index contributed by atoms with van der Waals surface area (Å²) in [5.41, 5.74) is -0.968. The van der Waals surface area contributed by atoms with Crippen LogP contribution < -0.4 is 5.32 Å². The zero-order valence-electron chi connectivity index (χ0n) is 12.3. The van der Waals surface area contributed by atoms with E-state index in [-0.39, 0.29) is 11.5 Å². The van der Waals surface area contributed by atoms with E-state index in [1.165, 1.54) is 0 Å². The van der Waals surface area contributed by atoms with Crippen molar-refractivity contribution in [3.8, 4) is 0 Å². The van der Waals surface area contributed by atoms with Crippen molar-refractivity contribution >= 4 is 0 Å². The highest BCUT2D eigenvalue weighted by Gasteiger charge is 2.42. The molecule has 0 bridgehead atoms. The Bertz CT molecular complexity index is 519. The van der Waals surface area contributed by atoms with Crippen LogP contribution in [0.25, 0.3) is 0 Å². The van der Waals surface area contributed by atoms with Crippen molar-refractivity contribution in [1.29, 1.82) is 0 Å². The van der Waals surface area contributed by atoms with Crippen LogP contribution in [0.1, 0.15) is 36.4 Å². The first-order chi connectivity index (χ1) is 10.5. The van der Waals surface area contributed by atoms with Gasteiger partial charge >= 0.3 is 6.18 Å². The maximum atomic E-state index is 14.4. The van der Waals surface area contributed by atoms with E-state index in [1.807, 2.05) is 4.90 Å². The highest BCUT2D eigenvalue weighted by molar-refractivity contribution is 5.35. The van der Waals surface area contributed by atoms with Gasteiger partial charge in [0.15, 0.2) is 0 Å². The van der Waals surface area contributed by atoms with Crippen LogP contribution in [0.4, 0.5) is 17.6 Å². The monoisotopic (exact) mass is 316 g/mol. The van der Waals surface area contributed by atoms with Crippen molar-refractivity contribution in [3.05, 3.63) is 35.1 Å². The lowest BCUT2D eigenvalue weighted by Gasteiger charge is -2.44. The van der Waals surface area contributed by atoms with Crippen molar-refractivity contribution in [2.75, 3.05) is 26.2 Å². The van der Waals surface area contributed by atoms with Gasteiger partial charge in [-0.1, -0.05) is 12.5 Å². The zero-order chi connectivity index (χ0) is 15.7.